The molecule has 6 heteroatoms. The molecule has 1 aromatic rings. The summed E-state index contributed by atoms with van der Waals surface area (Å²) in [6, 6.07) is 4.08. The first kappa shape index (κ1) is 17.9. The summed E-state index contributed by atoms with van der Waals surface area (Å²) in [7, 11) is 0. The number of carbonyl (C=O) groups is 2. The number of likely N-dealkylation sites (tertiary alicyclic amines) is 1. The Labute approximate surface area is 142 Å². The molecular weight excluding hydrogens is 310 g/mol. The van der Waals surface area contributed by atoms with E-state index in [2.05, 4.69) is 17.6 Å². The van der Waals surface area contributed by atoms with Crippen LogP contribution in [0.15, 0.2) is 17.5 Å². The summed E-state index contributed by atoms with van der Waals surface area (Å²) < 4.78 is 0. The first-order valence-electron chi connectivity index (χ1n) is 8.33. The lowest BCUT2D eigenvalue weighted by Crippen LogP contribution is -2.55. The van der Waals surface area contributed by atoms with E-state index in [-0.39, 0.29) is 23.9 Å². The predicted octanol–water partition coefficient (Wildman–Crippen LogP) is 1.99. The number of hydrogen-bond acceptors (Lipinski definition) is 4. The van der Waals surface area contributed by atoms with E-state index < -0.39 is 0 Å². The molecule has 0 aromatic carbocycles. The van der Waals surface area contributed by atoms with Crippen molar-refractivity contribution in [3.8, 4) is 0 Å². The Bertz CT molecular complexity index is 518. The van der Waals surface area contributed by atoms with Gasteiger partial charge in [0, 0.05) is 30.9 Å². The van der Waals surface area contributed by atoms with Gasteiger partial charge < -0.3 is 15.5 Å². The van der Waals surface area contributed by atoms with Gasteiger partial charge in [-0.25, -0.2) is 0 Å². The SMILES string of the molecule is CC[C@@H]1CN(C(C)=O)CC[C@H]1N[C@@H](C)C(=O)NCc1cccs1. The van der Waals surface area contributed by atoms with Crippen LogP contribution in [0.5, 0.6) is 0 Å². The van der Waals surface area contributed by atoms with E-state index in [1.807, 2.05) is 29.3 Å². The van der Waals surface area contributed by atoms with Crippen LogP contribution in [0.1, 0.15) is 38.5 Å². The summed E-state index contributed by atoms with van der Waals surface area (Å²) in [5.41, 5.74) is 0. The van der Waals surface area contributed by atoms with Gasteiger partial charge >= 0.3 is 0 Å². The van der Waals surface area contributed by atoms with Gasteiger partial charge in [-0.3, -0.25) is 9.59 Å². The number of nitrogens with zero attached hydrogens (tertiary/aromatic N) is 1. The summed E-state index contributed by atoms with van der Waals surface area (Å²) in [6.45, 7) is 7.82. The van der Waals surface area contributed by atoms with Gasteiger partial charge in [-0.05, 0) is 30.7 Å². The summed E-state index contributed by atoms with van der Waals surface area (Å²) in [5, 5.41) is 8.45. The topological polar surface area (TPSA) is 61.4 Å². The van der Waals surface area contributed by atoms with Crippen LogP contribution in [0, 0.1) is 5.92 Å². The summed E-state index contributed by atoms with van der Waals surface area (Å²) in [6.07, 6.45) is 1.91. The lowest BCUT2D eigenvalue weighted by atomic mass is 9.89. The molecule has 1 aliphatic rings. The van der Waals surface area contributed by atoms with Crippen molar-refractivity contribution in [1.29, 1.82) is 0 Å². The van der Waals surface area contributed by atoms with Gasteiger partial charge in [0.15, 0.2) is 0 Å². The van der Waals surface area contributed by atoms with Crippen LogP contribution >= 0.6 is 11.3 Å². The largest absolute Gasteiger partial charge is 0.350 e. The van der Waals surface area contributed by atoms with E-state index in [1.165, 1.54) is 0 Å². The molecule has 1 saturated heterocycles. The predicted molar refractivity (Wildman–Crippen MR) is 93.2 cm³/mol. The van der Waals surface area contributed by atoms with E-state index in [1.54, 1.807) is 18.3 Å². The van der Waals surface area contributed by atoms with Crippen LogP contribution in [-0.4, -0.2) is 41.9 Å². The molecule has 0 saturated carbocycles. The van der Waals surface area contributed by atoms with Gasteiger partial charge in [-0.1, -0.05) is 19.4 Å². The van der Waals surface area contributed by atoms with Crippen LogP contribution in [0.2, 0.25) is 0 Å². The zero-order valence-electron chi connectivity index (χ0n) is 14.2. The lowest BCUT2D eigenvalue weighted by Gasteiger charge is -2.39. The number of thiophene rings is 1. The van der Waals surface area contributed by atoms with Crippen LogP contribution in [0.3, 0.4) is 0 Å². The summed E-state index contributed by atoms with van der Waals surface area (Å²) in [4.78, 5) is 26.9. The van der Waals surface area contributed by atoms with Crippen LogP contribution in [0.4, 0.5) is 0 Å². The molecule has 2 amide bonds. The van der Waals surface area contributed by atoms with Crippen molar-refractivity contribution in [2.75, 3.05) is 13.1 Å². The molecule has 2 N–H and O–H groups in total. The molecule has 23 heavy (non-hydrogen) atoms. The number of rotatable bonds is 6. The number of hydrogen-bond donors (Lipinski definition) is 2. The fraction of sp³-hybridized carbons (Fsp3) is 0.647. The molecule has 1 aliphatic heterocycles. The Kier molecular flexibility index (Phi) is 6.59. The first-order valence-corrected chi connectivity index (χ1v) is 9.20. The molecule has 0 spiro atoms. The Morgan fingerprint density at radius 3 is 2.87 bits per heavy atom. The second-order valence-electron chi connectivity index (χ2n) is 6.21. The Morgan fingerprint density at radius 2 is 2.26 bits per heavy atom. The van der Waals surface area contributed by atoms with Crippen LogP contribution in [-0.2, 0) is 16.1 Å². The minimum Gasteiger partial charge on any atom is -0.350 e. The highest BCUT2D eigenvalue weighted by Crippen LogP contribution is 2.21. The Morgan fingerprint density at radius 1 is 1.48 bits per heavy atom. The number of nitrogens with one attached hydrogen (secondary N) is 2. The first-order chi connectivity index (χ1) is 11.0. The second kappa shape index (κ2) is 8.45. The van der Waals surface area contributed by atoms with Gasteiger partial charge in [-0.15, -0.1) is 11.3 Å². The van der Waals surface area contributed by atoms with E-state index >= 15 is 0 Å². The van der Waals surface area contributed by atoms with Crippen molar-refractivity contribution >= 4 is 23.2 Å². The normalized spacial score (nSPS) is 22.7. The van der Waals surface area contributed by atoms with Crippen molar-refractivity contribution in [3.05, 3.63) is 22.4 Å². The molecule has 5 nitrogen and oxygen atoms in total. The average molecular weight is 337 g/mol. The molecule has 1 aromatic heterocycles. The lowest BCUT2D eigenvalue weighted by molar-refractivity contribution is -0.131. The van der Waals surface area contributed by atoms with Crippen molar-refractivity contribution in [2.24, 2.45) is 5.92 Å². The highest BCUT2D eigenvalue weighted by atomic mass is 32.1. The third-order valence-corrected chi connectivity index (χ3v) is 5.45. The fourth-order valence-electron chi connectivity index (χ4n) is 3.09. The molecule has 2 heterocycles. The van der Waals surface area contributed by atoms with Gasteiger partial charge in [0.2, 0.25) is 11.8 Å². The standard InChI is InChI=1S/C17H27N3O2S/c1-4-14-11-20(13(3)21)8-7-16(14)19-12(2)17(22)18-10-15-6-5-9-23-15/h5-6,9,12,14,16,19H,4,7-8,10-11H2,1-3H3,(H,18,22)/t12-,14+,16+/m0/s1. The Balaban J connectivity index is 1.82. The van der Waals surface area contributed by atoms with E-state index in [4.69, 9.17) is 0 Å². The zero-order chi connectivity index (χ0) is 16.8. The maximum atomic E-state index is 12.2. The second-order valence-corrected chi connectivity index (χ2v) is 7.25. The summed E-state index contributed by atoms with van der Waals surface area (Å²) in [5.74, 6) is 0.575. The third-order valence-electron chi connectivity index (χ3n) is 4.58. The smallest absolute Gasteiger partial charge is 0.237 e. The van der Waals surface area contributed by atoms with Crippen molar-refractivity contribution in [3.63, 3.8) is 0 Å². The van der Waals surface area contributed by atoms with Gasteiger partial charge in [0.05, 0.1) is 12.6 Å². The molecule has 128 valence electrons. The van der Waals surface area contributed by atoms with Crippen LogP contribution < -0.4 is 10.6 Å². The van der Waals surface area contributed by atoms with E-state index in [0.717, 1.165) is 30.8 Å². The monoisotopic (exact) mass is 337 g/mol. The molecule has 0 unspecified atom stereocenters. The summed E-state index contributed by atoms with van der Waals surface area (Å²) >= 11 is 1.65. The van der Waals surface area contributed by atoms with Gasteiger partial charge in [0.25, 0.3) is 0 Å². The quantitative estimate of drug-likeness (QED) is 0.834. The molecule has 2 rings (SSSR count). The molecule has 0 bridgehead atoms. The molecule has 1 fully saturated rings. The highest BCUT2D eigenvalue weighted by molar-refractivity contribution is 7.09. The Hall–Kier alpha value is -1.40. The van der Waals surface area contributed by atoms with Crippen molar-refractivity contribution in [2.45, 2.75) is 52.2 Å². The maximum absolute atomic E-state index is 12.2. The fourth-order valence-corrected chi connectivity index (χ4v) is 3.73. The van der Waals surface area contributed by atoms with E-state index in [9.17, 15) is 9.59 Å². The highest BCUT2D eigenvalue weighted by Gasteiger charge is 2.30. The third kappa shape index (κ3) is 5.04. The molecule has 0 aliphatic carbocycles. The van der Waals surface area contributed by atoms with E-state index in [0.29, 0.717) is 12.5 Å². The van der Waals surface area contributed by atoms with Crippen molar-refractivity contribution in [1.82, 2.24) is 15.5 Å². The number of amides is 2. The molecular formula is C17H27N3O2S. The molecule has 3 atom stereocenters. The maximum Gasteiger partial charge on any atom is 0.237 e. The zero-order valence-corrected chi connectivity index (χ0v) is 15.0. The minimum atomic E-state index is -0.224. The molecule has 0 radical (unpaired) electrons. The number of piperidine rings is 1. The van der Waals surface area contributed by atoms with Crippen LogP contribution in [0.25, 0.3) is 0 Å². The van der Waals surface area contributed by atoms with Crippen molar-refractivity contribution < 1.29 is 9.59 Å². The average Bonchev–Trinajstić information content (AvgIpc) is 3.06. The number of carbonyl (C=O) groups excluding carboxylic acids is 2. The van der Waals surface area contributed by atoms with Gasteiger partial charge in [-0.2, -0.15) is 0 Å². The minimum absolute atomic E-state index is 0.0299. The van der Waals surface area contributed by atoms with Gasteiger partial charge in [0.1, 0.15) is 0 Å².